The number of nitrogens with one attached hydrogen (secondary N) is 1. The van der Waals surface area contributed by atoms with Crippen LogP contribution in [0.25, 0.3) is 11.0 Å². The van der Waals surface area contributed by atoms with Crippen LogP contribution in [0.5, 0.6) is 0 Å². The second-order valence-electron chi connectivity index (χ2n) is 7.97. The zero-order chi connectivity index (χ0) is 25.0. The average molecular weight is 493 g/mol. The van der Waals surface area contributed by atoms with Gasteiger partial charge in [0.05, 0.1) is 18.8 Å². The van der Waals surface area contributed by atoms with E-state index in [0.29, 0.717) is 66.9 Å². The molecule has 1 aliphatic rings. The lowest BCUT2D eigenvalue weighted by Crippen LogP contribution is -2.48. The maximum Gasteiger partial charge on any atom is 0.411 e. The Hall–Kier alpha value is -3.55. The number of ether oxygens (including phenoxy) is 1. The minimum Gasteiger partial charge on any atom is -0.370 e. The molecule has 3 aromatic rings. The molecule has 1 fully saturated rings. The first-order valence-corrected chi connectivity index (χ1v) is 11.2. The van der Waals surface area contributed by atoms with E-state index in [4.69, 9.17) is 14.7 Å². The zero-order valence-electron chi connectivity index (χ0n) is 19.4. The standard InChI is InChI=1S/C21H26F3N9O2/c1-3-15-17-18(33(30-15)10-11-35-12-21(22,23)24)19(27-16-4-5-25-13-26-16)29-20(28-17)32-8-6-31(7-9-32)14(2)34/h4-5,13H,3,6-12H2,1-2H3,(H,25,26,27,28,29). The van der Waals surface area contributed by atoms with Crippen molar-refractivity contribution in [2.75, 3.05) is 49.6 Å². The van der Waals surface area contributed by atoms with E-state index >= 15 is 0 Å². The first-order valence-electron chi connectivity index (χ1n) is 11.2. The number of hydrogen-bond donors (Lipinski definition) is 1. The molecule has 4 heterocycles. The SMILES string of the molecule is CCc1nn(CCOCC(F)(F)F)c2c(Nc3ccncn3)nc(N3CCN(C(C)=O)CC3)nc12. The predicted octanol–water partition coefficient (Wildman–Crippen LogP) is 2.17. The van der Waals surface area contributed by atoms with E-state index in [9.17, 15) is 18.0 Å². The number of alkyl halides is 3. The first-order chi connectivity index (χ1) is 16.7. The molecule has 1 aliphatic heterocycles. The minimum absolute atomic E-state index is 0.0226. The van der Waals surface area contributed by atoms with E-state index < -0.39 is 12.8 Å². The smallest absolute Gasteiger partial charge is 0.370 e. The van der Waals surface area contributed by atoms with E-state index in [1.165, 1.54) is 6.33 Å². The molecule has 1 N–H and O–H groups in total. The highest BCUT2D eigenvalue weighted by Crippen LogP contribution is 2.29. The molecule has 188 valence electrons. The van der Waals surface area contributed by atoms with Gasteiger partial charge in [-0.1, -0.05) is 6.92 Å². The highest BCUT2D eigenvalue weighted by Gasteiger charge is 2.28. The van der Waals surface area contributed by atoms with E-state index in [1.54, 1.807) is 28.8 Å². The molecule has 0 bridgehead atoms. The normalized spacial score (nSPS) is 14.5. The van der Waals surface area contributed by atoms with Gasteiger partial charge < -0.3 is 19.9 Å². The monoisotopic (exact) mass is 493 g/mol. The third-order valence-electron chi connectivity index (χ3n) is 5.53. The number of nitrogens with zero attached hydrogens (tertiary/aromatic N) is 8. The maximum absolute atomic E-state index is 12.5. The van der Waals surface area contributed by atoms with Crippen LogP contribution in [0.15, 0.2) is 18.6 Å². The Bertz CT molecular complexity index is 1160. The number of amides is 1. The van der Waals surface area contributed by atoms with Crippen molar-refractivity contribution in [3.05, 3.63) is 24.3 Å². The van der Waals surface area contributed by atoms with Gasteiger partial charge in [-0.05, 0) is 12.5 Å². The topological polar surface area (TPSA) is 114 Å². The highest BCUT2D eigenvalue weighted by molar-refractivity contribution is 5.90. The lowest BCUT2D eigenvalue weighted by atomic mass is 10.2. The van der Waals surface area contributed by atoms with Crippen LogP contribution in [0.3, 0.4) is 0 Å². The third kappa shape index (κ3) is 5.93. The molecule has 35 heavy (non-hydrogen) atoms. The Balaban J connectivity index is 1.69. The molecular formula is C21H26F3N9O2. The van der Waals surface area contributed by atoms with Crippen molar-refractivity contribution in [1.82, 2.24) is 34.6 Å². The van der Waals surface area contributed by atoms with Crippen molar-refractivity contribution in [3.8, 4) is 0 Å². The first kappa shape index (κ1) is 24.6. The molecule has 11 nitrogen and oxygen atoms in total. The Morgan fingerprint density at radius 1 is 1.20 bits per heavy atom. The number of piperazine rings is 1. The van der Waals surface area contributed by atoms with Crippen molar-refractivity contribution in [2.45, 2.75) is 33.0 Å². The quantitative estimate of drug-likeness (QED) is 0.472. The van der Waals surface area contributed by atoms with Crippen LogP contribution >= 0.6 is 0 Å². The molecule has 0 unspecified atom stereocenters. The van der Waals surface area contributed by atoms with Gasteiger partial charge in [0, 0.05) is 39.3 Å². The second-order valence-corrected chi connectivity index (χ2v) is 7.97. The molecule has 0 radical (unpaired) electrons. The average Bonchev–Trinajstić information content (AvgIpc) is 3.20. The largest absolute Gasteiger partial charge is 0.411 e. The van der Waals surface area contributed by atoms with Gasteiger partial charge in [0.1, 0.15) is 29.8 Å². The fraction of sp³-hybridized carbons (Fsp3) is 0.524. The van der Waals surface area contributed by atoms with Crippen LogP contribution in [0, 0.1) is 0 Å². The van der Waals surface area contributed by atoms with Gasteiger partial charge in [-0.2, -0.15) is 23.3 Å². The summed E-state index contributed by atoms with van der Waals surface area (Å²) in [6, 6.07) is 1.67. The molecule has 0 atom stereocenters. The summed E-state index contributed by atoms with van der Waals surface area (Å²) < 4.78 is 43.8. The lowest BCUT2D eigenvalue weighted by molar-refractivity contribution is -0.174. The van der Waals surface area contributed by atoms with E-state index in [-0.39, 0.29) is 19.1 Å². The molecule has 1 saturated heterocycles. The highest BCUT2D eigenvalue weighted by atomic mass is 19.4. The van der Waals surface area contributed by atoms with Crippen molar-refractivity contribution in [3.63, 3.8) is 0 Å². The second kappa shape index (κ2) is 10.4. The van der Waals surface area contributed by atoms with Crippen molar-refractivity contribution in [2.24, 2.45) is 0 Å². The van der Waals surface area contributed by atoms with E-state index in [1.807, 2.05) is 11.8 Å². The van der Waals surface area contributed by atoms with Crippen LogP contribution in [-0.2, 0) is 22.5 Å². The van der Waals surface area contributed by atoms with Crippen molar-refractivity contribution < 1.29 is 22.7 Å². The fourth-order valence-electron chi connectivity index (χ4n) is 3.81. The van der Waals surface area contributed by atoms with Crippen LogP contribution < -0.4 is 10.2 Å². The van der Waals surface area contributed by atoms with Gasteiger partial charge in [0.25, 0.3) is 0 Å². The zero-order valence-corrected chi connectivity index (χ0v) is 19.4. The molecule has 0 aliphatic carbocycles. The van der Waals surface area contributed by atoms with Crippen molar-refractivity contribution in [1.29, 1.82) is 0 Å². The van der Waals surface area contributed by atoms with Crippen LogP contribution in [-0.4, -0.2) is 86.1 Å². The van der Waals surface area contributed by atoms with E-state index in [2.05, 4.69) is 20.4 Å². The molecule has 0 saturated carbocycles. The number of rotatable bonds is 8. The van der Waals surface area contributed by atoms with Gasteiger partial charge in [-0.25, -0.2) is 15.0 Å². The number of halogens is 3. The Morgan fingerprint density at radius 2 is 1.97 bits per heavy atom. The van der Waals surface area contributed by atoms with Crippen molar-refractivity contribution >= 4 is 34.5 Å². The summed E-state index contributed by atoms with van der Waals surface area (Å²) in [5.74, 6) is 1.40. The summed E-state index contributed by atoms with van der Waals surface area (Å²) in [7, 11) is 0. The molecule has 4 rings (SSSR count). The van der Waals surface area contributed by atoms with Gasteiger partial charge in [0.15, 0.2) is 5.82 Å². The van der Waals surface area contributed by atoms with Gasteiger partial charge in [0.2, 0.25) is 11.9 Å². The van der Waals surface area contributed by atoms with Gasteiger partial charge in [-0.3, -0.25) is 9.48 Å². The van der Waals surface area contributed by atoms with Gasteiger partial charge in [-0.15, -0.1) is 0 Å². The lowest BCUT2D eigenvalue weighted by Gasteiger charge is -2.34. The summed E-state index contributed by atoms with van der Waals surface area (Å²) in [6.07, 6.45) is -0.864. The Morgan fingerprint density at radius 3 is 2.60 bits per heavy atom. The van der Waals surface area contributed by atoms with Crippen LogP contribution in [0.4, 0.5) is 30.8 Å². The Labute approximate surface area is 199 Å². The number of fused-ring (bicyclic) bond motifs is 1. The summed E-state index contributed by atoms with van der Waals surface area (Å²) in [5, 5.41) is 7.75. The number of carbonyl (C=O) groups excluding carboxylic acids is 1. The Kier molecular flexibility index (Phi) is 7.28. The predicted molar refractivity (Wildman–Crippen MR) is 121 cm³/mol. The summed E-state index contributed by atoms with van der Waals surface area (Å²) in [4.78, 5) is 33.1. The number of hydrogen-bond acceptors (Lipinski definition) is 9. The maximum atomic E-state index is 12.5. The molecule has 1 amide bonds. The summed E-state index contributed by atoms with van der Waals surface area (Å²) in [5.41, 5.74) is 1.83. The third-order valence-corrected chi connectivity index (χ3v) is 5.53. The number of carbonyl (C=O) groups is 1. The molecule has 14 heteroatoms. The molecule has 0 aromatic carbocycles. The minimum atomic E-state index is -4.40. The molecule has 3 aromatic heterocycles. The van der Waals surface area contributed by atoms with Crippen LogP contribution in [0.1, 0.15) is 19.5 Å². The number of anilines is 3. The van der Waals surface area contributed by atoms with Gasteiger partial charge >= 0.3 is 6.18 Å². The summed E-state index contributed by atoms with van der Waals surface area (Å²) >= 11 is 0. The number of aromatic nitrogens is 6. The fourth-order valence-corrected chi connectivity index (χ4v) is 3.81. The molecule has 0 spiro atoms. The van der Waals surface area contributed by atoms with Crippen LogP contribution in [0.2, 0.25) is 0 Å². The number of aryl methyl sites for hydroxylation is 1. The summed E-state index contributed by atoms with van der Waals surface area (Å²) in [6.45, 7) is 4.30. The van der Waals surface area contributed by atoms with E-state index in [0.717, 1.165) is 0 Å². The molecular weight excluding hydrogens is 467 g/mol.